The molecule has 118 valence electrons. The van der Waals surface area contributed by atoms with Gasteiger partial charge in [-0.1, -0.05) is 35.3 Å². The highest BCUT2D eigenvalue weighted by atomic mass is 35.5. The molecule has 6 heteroatoms. The molecule has 0 unspecified atom stereocenters. The van der Waals surface area contributed by atoms with Crippen molar-refractivity contribution in [2.75, 3.05) is 0 Å². The van der Waals surface area contributed by atoms with Crippen LogP contribution in [0.5, 0.6) is 0 Å². The Morgan fingerprint density at radius 2 is 1.91 bits per heavy atom. The topological polar surface area (TPSA) is 55.0 Å². The number of halogens is 2. The monoisotopic (exact) mass is 348 g/mol. The van der Waals surface area contributed by atoms with Crippen LogP contribution in [0.25, 0.3) is 22.4 Å². The number of nitrogens with zero attached hydrogens (tertiary/aromatic N) is 1. The number of carbonyl (C=O) groups excluding carboxylic acids is 1. The maximum Gasteiger partial charge on any atom is 0.338 e. The Labute approximate surface area is 143 Å². The molecule has 0 spiro atoms. The van der Waals surface area contributed by atoms with Gasteiger partial charge in [-0.15, -0.1) is 0 Å². The maximum atomic E-state index is 12.0. The van der Waals surface area contributed by atoms with E-state index in [4.69, 9.17) is 27.9 Å². The van der Waals surface area contributed by atoms with Crippen molar-refractivity contribution in [2.45, 2.75) is 20.0 Å². The molecule has 0 radical (unpaired) electrons. The second kappa shape index (κ2) is 6.22. The number of rotatable bonds is 3. The van der Waals surface area contributed by atoms with E-state index in [2.05, 4.69) is 9.97 Å². The third-order valence-electron chi connectivity index (χ3n) is 3.24. The highest BCUT2D eigenvalue weighted by Gasteiger charge is 2.12. The van der Waals surface area contributed by atoms with Gasteiger partial charge in [0, 0.05) is 5.56 Å². The number of aromatic nitrogens is 2. The van der Waals surface area contributed by atoms with Crippen LogP contribution >= 0.6 is 23.2 Å². The minimum atomic E-state index is -0.357. The van der Waals surface area contributed by atoms with E-state index in [9.17, 15) is 4.79 Å². The Morgan fingerprint density at radius 1 is 1.17 bits per heavy atom. The van der Waals surface area contributed by atoms with Gasteiger partial charge >= 0.3 is 5.97 Å². The SMILES string of the molecule is CC(C)OC(=O)c1cccc(-c2nc3cc(Cl)c(Cl)cc3[nH]2)c1. The lowest BCUT2D eigenvalue weighted by molar-refractivity contribution is 0.0378. The van der Waals surface area contributed by atoms with Gasteiger partial charge < -0.3 is 9.72 Å². The first-order valence-corrected chi connectivity index (χ1v) is 7.86. The normalized spacial score (nSPS) is 11.2. The lowest BCUT2D eigenvalue weighted by atomic mass is 10.1. The summed E-state index contributed by atoms with van der Waals surface area (Å²) in [6.45, 7) is 3.63. The van der Waals surface area contributed by atoms with Crippen molar-refractivity contribution in [3.8, 4) is 11.4 Å². The molecule has 3 rings (SSSR count). The average molecular weight is 349 g/mol. The highest BCUT2D eigenvalue weighted by Crippen LogP contribution is 2.29. The molecule has 1 N–H and O–H groups in total. The van der Waals surface area contributed by atoms with Crippen molar-refractivity contribution in [3.05, 3.63) is 52.0 Å². The fourth-order valence-electron chi connectivity index (χ4n) is 2.22. The number of hydrogen-bond acceptors (Lipinski definition) is 3. The summed E-state index contributed by atoms with van der Waals surface area (Å²) in [7, 11) is 0. The second-order valence-electron chi connectivity index (χ2n) is 5.40. The van der Waals surface area contributed by atoms with E-state index < -0.39 is 0 Å². The molecular formula is C17H14Cl2N2O2. The molecule has 0 atom stereocenters. The van der Waals surface area contributed by atoms with E-state index >= 15 is 0 Å². The quantitative estimate of drug-likeness (QED) is 0.669. The Kier molecular flexibility index (Phi) is 4.28. The Morgan fingerprint density at radius 3 is 2.65 bits per heavy atom. The van der Waals surface area contributed by atoms with E-state index in [1.54, 1.807) is 30.3 Å². The summed E-state index contributed by atoms with van der Waals surface area (Å²) < 4.78 is 5.21. The Bertz CT molecular complexity index is 848. The van der Waals surface area contributed by atoms with Crippen molar-refractivity contribution in [2.24, 2.45) is 0 Å². The summed E-state index contributed by atoms with van der Waals surface area (Å²) >= 11 is 12.0. The molecule has 0 bridgehead atoms. The number of fused-ring (bicyclic) bond motifs is 1. The van der Waals surface area contributed by atoms with Gasteiger partial charge in [0.25, 0.3) is 0 Å². The van der Waals surface area contributed by atoms with Crippen molar-refractivity contribution in [1.82, 2.24) is 9.97 Å². The fourth-order valence-corrected chi connectivity index (χ4v) is 2.54. The van der Waals surface area contributed by atoms with Crippen LogP contribution in [0.3, 0.4) is 0 Å². The largest absolute Gasteiger partial charge is 0.459 e. The van der Waals surface area contributed by atoms with Crippen molar-refractivity contribution < 1.29 is 9.53 Å². The zero-order valence-corrected chi connectivity index (χ0v) is 14.1. The molecule has 4 nitrogen and oxygen atoms in total. The summed E-state index contributed by atoms with van der Waals surface area (Å²) in [5, 5.41) is 0.912. The van der Waals surface area contributed by atoms with Crippen molar-refractivity contribution in [1.29, 1.82) is 0 Å². The fraction of sp³-hybridized carbons (Fsp3) is 0.176. The van der Waals surface area contributed by atoms with Crippen molar-refractivity contribution >= 4 is 40.2 Å². The lowest BCUT2D eigenvalue weighted by Crippen LogP contribution is -2.11. The van der Waals surface area contributed by atoms with Crippen LogP contribution < -0.4 is 0 Å². The van der Waals surface area contributed by atoms with Crippen LogP contribution in [0.2, 0.25) is 10.0 Å². The van der Waals surface area contributed by atoms with Crippen LogP contribution in [0.4, 0.5) is 0 Å². The number of carbonyl (C=O) groups is 1. The zero-order valence-electron chi connectivity index (χ0n) is 12.6. The molecule has 3 aromatic rings. The molecule has 1 heterocycles. The first-order valence-electron chi connectivity index (χ1n) is 7.10. The Hall–Kier alpha value is -2.04. The minimum Gasteiger partial charge on any atom is -0.459 e. The lowest BCUT2D eigenvalue weighted by Gasteiger charge is -2.08. The number of imidazole rings is 1. The molecule has 0 aliphatic carbocycles. The van der Waals surface area contributed by atoms with Gasteiger partial charge in [-0.3, -0.25) is 0 Å². The maximum absolute atomic E-state index is 12.0. The molecule has 0 amide bonds. The van der Waals surface area contributed by atoms with Crippen LogP contribution in [0.1, 0.15) is 24.2 Å². The van der Waals surface area contributed by atoms with Crippen LogP contribution in [0.15, 0.2) is 36.4 Å². The first-order chi connectivity index (χ1) is 10.9. The number of aromatic amines is 1. The van der Waals surface area contributed by atoms with E-state index in [-0.39, 0.29) is 12.1 Å². The van der Waals surface area contributed by atoms with E-state index in [0.29, 0.717) is 26.9 Å². The predicted molar refractivity (Wildman–Crippen MR) is 92.1 cm³/mol. The van der Waals surface area contributed by atoms with Crippen LogP contribution in [0, 0.1) is 0 Å². The van der Waals surface area contributed by atoms with Gasteiger partial charge in [0.1, 0.15) is 5.82 Å². The van der Waals surface area contributed by atoms with E-state index in [1.807, 2.05) is 19.9 Å². The number of hydrogen-bond donors (Lipinski definition) is 1. The Balaban J connectivity index is 2.00. The first kappa shape index (κ1) is 15.8. The summed E-state index contributed by atoms with van der Waals surface area (Å²) in [6.07, 6.45) is -0.165. The standard InChI is InChI=1S/C17H14Cl2N2O2/c1-9(2)23-17(22)11-5-3-4-10(6-11)16-20-14-7-12(18)13(19)8-15(14)21-16/h3-9H,1-2H3,(H,20,21). The van der Waals surface area contributed by atoms with Gasteiger partial charge in [-0.2, -0.15) is 0 Å². The summed E-state index contributed by atoms with van der Waals surface area (Å²) in [5.41, 5.74) is 2.76. The van der Waals surface area contributed by atoms with Gasteiger partial charge in [0.05, 0.1) is 32.7 Å². The number of benzene rings is 2. The average Bonchev–Trinajstić information content (AvgIpc) is 2.90. The molecule has 0 saturated heterocycles. The smallest absolute Gasteiger partial charge is 0.338 e. The third-order valence-corrected chi connectivity index (χ3v) is 3.96. The summed E-state index contributed by atoms with van der Waals surface area (Å²) in [5.74, 6) is 0.279. The van der Waals surface area contributed by atoms with E-state index in [0.717, 1.165) is 11.1 Å². The third kappa shape index (κ3) is 3.33. The predicted octanol–water partition coefficient (Wildman–Crippen LogP) is 5.10. The number of esters is 1. The minimum absolute atomic E-state index is 0.165. The molecule has 0 saturated carbocycles. The molecule has 0 aliphatic rings. The number of ether oxygens (including phenoxy) is 1. The molecule has 0 fully saturated rings. The molecule has 23 heavy (non-hydrogen) atoms. The van der Waals surface area contributed by atoms with Gasteiger partial charge in [-0.25, -0.2) is 9.78 Å². The summed E-state index contributed by atoms with van der Waals surface area (Å²) in [4.78, 5) is 19.7. The zero-order chi connectivity index (χ0) is 16.6. The van der Waals surface area contributed by atoms with Gasteiger partial charge in [0.2, 0.25) is 0 Å². The van der Waals surface area contributed by atoms with Crippen LogP contribution in [-0.2, 0) is 4.74 Å². The van der Waals surface area contributed by atoms with Crippen LogP contribution in [-0.4, -0.2) is 22.0 Å². The number of H-pyrrole nitrogens is 1. The van der Waals surface area contributed by atoms with E-state index in [1.165, 1.54) is 0 Å². The van der Waals surface area contributed by atoms with Gasteiger partial charge in [-0.05, 0) is 38.1 Å². The molecular weight excluding hydrogens is 335 g/mol. The summed E-state index contributed by atoms with van der Waals surface area (Å²) in [6, 6.07) is 10.5. The molecule has 0 aliphatic heterocycles. The molecule has 2 aromatic carbocycles. The highest BCUT2D eigenvalue weighted by molar-refractivity contribution is 6.42. The van der Waals surface area contributed by atoms with Crippen molar-refractivity contribution in [3.63, 3.8) is 0 Å². The van der Waals surface area contributed by atoms with Gasteiger partial charge in [0.15, 0.2) is 0 Å². The molecule has 1 aromatic heterocycles. The second-order valence-corrected chi connectivity index (χ2v) is 6.22. The number of nitrogens with one attached hydrogen (secondary N) is 1.